The molecule has 1 fully saturated rings. The van der Waals surface area contributed by atoms with Crippen LogP contribution in [0.1, 0.15) is 30.9 Å². The van der Waals surface area contributed by atoms with Crippen LogP contribution in [0, 0.1) is 0 Å². The number of hydrogen-bond acceptors (Lipinski definition) is 5. The molecule has 2 aromatic rings. The molecule has 2 N–H and O–H groups in total. The van der Waals surface area contributed by atoms with Crippen molar-refractivity contribution in [1.29, 1.82) is 0 Å². The van der Waals surface area contributed by atoms with E-state index >= 15 is 0 Å². The Morgan fingerprint density at radius 2 is 1.93 bits per heavy atom. The highest BCUT2D eigenvalue weighted by Crippen LogP contribution is 2.35. The van der Waals surface area contributed by atoms with Gasteiger partial charge in [-0.05, 0) is 55.2 Å². The second-order valence-electron chi connectivity index (χ2n) is 7.71. The molecule has 2 heterocycles. The lowest BCUT2D eigenvalue weighted by atomic mass is 9.92. The summed E-state index contributed by atoms with van der Waals surface area (Å²) in [5, 5.41) is 0. The number of rotatable bonds is 4. The number of benzene rings is 2. The van der Waals surface area contributed by atoms with Crippen molar-refractivity contribution in [3.8, 4) is 0 Å². The molecular weight excluding hydrogens is 468 g/mol. The first-order chi connectivity index (χ1) is 14.2. The van der Waals surface area contributed by atoms with Crippen LogP contribution >= 0.6 is 15.9 Å². The number of sulfonamides is 1. The van der Waals surface area contributed by atoms with Crippen molar-refractivity contribution in [1.82, 2.24) is 4.90 Å². The zero-order valence-corrected chi connectivity index (χ0v) is 19.0. The third-order valence-electron chi connectivity index (χ3n) is 5.55. The van der Waals surface area contributed by atoms with E-state index in [4.69, 9.17) is 5.73 Å². The van der Waals surface area contributed by atoms with Crippen molar-refractivity contribution in [3.63, 3.8) is 0 Å². The summed E-state index contributed by atoms with van der Waals surface area (Å²) in [4.78, 5) is 19.2. The van der Waals surface area contributed by atoms with Gasteiger partial charge in [0.15, 0.2) is 11.5 Å². The van der Waals surface area contributed by atoms with Crippen molar-refractivity contribution in [2.75, 3.05) is 16.6 Å². The maximum atomic E-state index is 13.3. The molecule has 7 nitrogen and oxygen atoms in total. The summed E-state index contributed by atoms with van der Waals surface area (Å²) in [5.74, 6) is 0.0967. The molecular formula is C21H23BrN4O3S. The fourth-order valence-corrected chi connectivity index (χ4v) is 5.94. The minimum atomic E-state index is -3.30. The van der Waals surface area contributed by atoms with Crippen LogP contribution in [0.4, 0.5) is 5.69 Å². The SMILES string of the molecule is CC1(c2cccc(Br)c2)N=C(N)N(Cc2cccc(N3CCCCS3(=O)=O)c2)C1=O. The second kappa shape index (κ2) is 7.70. The standard InChI is InChI=1S/C21H23BrN4O3S/c1-21(16-7-5-8-17(22)13-16)19(27)25(20(23)24-21)14-15-6-4-9-18(12-15)26-10-2-3-11-30(26,28)29/h4-9,12-13H,2-3,10-11,14H2,1H3,(H2,23,24). The van der Waals surface area contributed by atoms with Crippen LogP contribution in [0.15, 0.2) is 58.0 Å². The minimum Gasteiger partial charge on any atom is -0.369 e. The Hall–Kier alpha value is -2.39. The lowest BCUT2D eigenvalue weighted by Gasteiger charge is -2.29. The second-order valence-corrected chi connectivity index (χ2v) is 10.6. The third kappa shape index (κ3) is 3.72. The quantitative estimate of drug-likeness (QED) is 0.712. The van der Waals surface area contributed by atoms with Gasteiger partial charge in [-0.15, -0.1) is 0 Å². The van der Waals surface area contributed by atoms with E-state index in [1.807, 2.05) is 30.3 Å². The van der Waals surface area contributed by atoms with Crippen molar-refractivity contribution in [3.05, 3.63) is 64.1 Å². The Morgan fingerprint density at radius 3 is 2.67 bits per heavy atom. The summed E-state index contributed by atoms with van der Waals surface area (Å²) in [6.45, 7) is 2.44. The number of nitrogens with two attached hydrogens (primary N) is 1. The van der Waals surface area contributed by atoms with Gasteiger partial charge in [0.25, 0.3) is 5.91 Å². The number of carbonyl (C=O) groups excluding carboxylic acids is 1. The highest BCUT2D eigenvalue weighted by atomic mass is 79.9. The maximum absolute atomic E-state index is 13.3. The fraction of sp³-hybridized carbons (Fsp3) is 0.333. The minimum absolute atomic E-state index is 0.151. The summed E-state index contributed by atoms with van der Waals surface area (Å²) in [7, 11) is -3.30. The first-order valence-corrected chi connectivity index (χ1v) is 12.1. The molecule has 0 radical (unpaired) electrons. The largest absolute Gasteiger partial charge is 0.369 e. The van der Waals surface area contributed by atoms with Gasteiger partial charge < -0.3 is 5.73 Å². The predicted octanol–water partition coefficient (Wildman–Crippen LogP) is 2.95. The third-order valence-corrected chi connectivity index (χ3v) is 7.91. The summed E-state index contributed by atoms with van der Waals surface area (Å²) >= 11 is 3.43. The Balaban J connectivity index is 1.60. The van der Waals surface area contributed by atoms with Gasteiger partial charge in [-0.2, -0.15) is 0 Å². The van der Waals surface area contributed by atoms with E-state index in [2.05, 4.69) is 20.9 Å². The topological polar surface area (TPSA) is 96.1 Å². The molecule has 0 saturated carbocycles. The van der Waals surface area contributed by atoms with Gasteiger partial charge in [0.2, 0.25) is 10.0 Å². The molecule has 30 heavy (non-hydrogen) atoms. The lowest BCUT2D eigenvalue weighted by molar-refractivity contribution is -0.131. The highest BCUT2D eigenvalue weighted by molar-refractivity contribution is 9.10. The summed E-state index contributed by atoms with van der Waals surface area (Å²) in [5.41, 5.74) is 7.19. The summed E-state index contributed by atoms with van der Waals surface area (Å²) in [6.07, 6.45) is 1.51. The number of halogens is 1. The number of aliphatic imine (C=N–C) groups is 1. The average molecular weight is 491 g/mol. The lowest BCUT2D eigenvalue weighted by Crippen LogP contribution is -2.41. The van der Waals surface area contributed by atoms with Crippen LogP contribution in [0.25, 0.3) is 0 Å². The van der Waals surface area contributed by atoms with Crippen molar-refractivity contribution in [2.24, 2.45) is 10.7 Å². The maximum Gasteiger partial charge on any atom is 0.261 e. The van der Waals surface area contributed by atoms with Gasteiger partial charge in [0, 0.05) is 11.0 Å². The Labute approximate surface area is 184 Å². The van der Waals surface area contributed by atoms with Crippen LogP contribution in [-0.2, 0) is 26.9 Å². The number of hydrogen-bond donors (Lipinski definition) is 1. The smallest absolute Gasteiger partial charge is 0.261 e. The molecule has 1 saturated heterocycles. The first kappa shape index (κ1) is 20.9. The van der Waals surface area contributed by atoms with E-state index in [-0.39, 0.29) is 24.2 Å². The van der Waals surface area contributed by atoms with Gasteiger partial charge in [0.05, 0.1) is 18.0 Å². The molecule has 4 rings (SSSR count). The molecule has 2 aromatic carbocycles. The number of carbonyl (C=O) groups is 1. The van der Waals surface area contributed by atoms with E-state index in [0.717, 1.165) is 22.0 Å². The van der Waals surface area contributed by atoms with Gasteiger partial charge in [-0.25, -0.2) is 13.4 Å². The molecule has 0 bridgehead atoms. The number of guanidine groups is 1. The van der Waals surface area contributed by atoms with E-state index in [9.17, 15) is 13.2 Å². The monoisotopic (exact) mass is 490 g/mol. The molecule has 1 amide bonds. The molecule has 2 aliphatic rings. The van der Waals surface area contributed by atoms with Gasteiger partial charge >= 0.3 is 0 Å². The number of anilines is 1. The predicted molar refractivity (Wildman–Crippen MR) is 120 cm³/mol. The normalized spacial score (nSPS) is 23.5. The van der Waals surface area contributed by atoms with E-state index in [1.54, 1.807) is 25.1 Å². The number of amides is 1. The van der Waals surface area contributed by atoms with E-state index in [1.165, 1.54) is 9.21 Å². The molecule has 1 unspecified atom stereocenters. The molecule has 0 spiro atoms. The molecule has 158 valence electrons. The van der Waals surface area contributed by atoms with E-state index in [0.29, 0.717) is 18.7 Å². The van der Waals surface area contributed by atoms with Crippen LogP contribution in [0.5, 0.6) is 0 Å². The van der Waals surface area contributed by atoms with Crippen LogP contribution in [0.2, 0.25) is 0 Å². The van der Waals surface area contributed by atoms with Crippen LogP contribution in [-0.4, -0.2) is 37.5 Å². The van der Waals surface area contributed by atoms with Gasteiger partial charge in [-0.3, -0.25) is 14.0 Å². The summed E-state index contributed by atoms with van der Waals surface area (Å²) < 4.78 is 27.2. The van der Waals surface area contributed by atoms with Gasteiger partial charge in [0.1, 0.15) is 0 Å². The number of nitrogens with zero attached hydrogens (tertiary/aromatic N) is 3. The molecule has 0 aromatic heterocycles. The Morgan fingerprint density at radius 1 is 1.17 bits per heavy atom. The Bertz CT molecular complexity index is 1130. The first-order valence-electron chi connectivity index (χ1n) is 9.73. The molecule has 2 aliphatic heterocycles. The van der Waals surface area contributed by atoms with Crippen molar-refractivity contribution >= 4 is 43.5 Å². The summed E-state index contributed by atoms with van der Waals surface area (Å²) in [6, 6.07) is 14.7. The van der Waals surface area contributed by atoms with E-state index < -0.39 is 15.6 Å². The molecule has 1 atom stereocenters. The van der Waals surface area contributed by atoms with Crippen LogP contribution in [0.3, 0.4) is 0 Å². The van der Waals surface area contributed by atoms with Crippen molar-refractivity contribution in [2.45, 2.75) is 31.8 Å². The van der Waals surface area contributed by atoms with Crippen molar-refractivity contribution < 1.29 is 13.2 Å². The van der Waals surface area contributed by atoms with Gasteiger partial charge in [-0.1, -0.05) is 40.2 Å². The van der Waals surface area contributed by atoms with Crippen LogP contribution < -0.4 is 10.0 Å². The zero-order valence-electron chi connectivity index (χ0n) is 16.6. The Kier molecular flexibility index (Phi) is 5.36. The zero-order chi connectivity index (χ0) is 21.5. The fourth-order valence-electron chi connectivity index (χ4n) is 3.91. The highest BCUT2D eigenvalue weighted by Gasteiger charge is 2.45. The molecule has 0 aliphatic carbocycles. The average Bonchev–Trinajstić information content (AvgIpc) is 2.92. The molecule has 9 heteroatoms.